The van der Waals surface area contributed by atoms with Crippen LogP contribution in [0.2, 0.25) is 0 Å². The third kappa shape index (κ3) is 2.69. The summed E-state index contributed by atoms with van der Waals surface area (Å²) in [6.07, 6.45) is 6.10. The fourth-order valence-electron chi connectivity index (χ4n) is 3.22. The van der Waals surface area contributed by atoms with Crippen LogP contribution in [0.3, 0.4) is 0 Å². The van der Waals surface area contributed by atoms with E-state index in [0.717, 1.165) is 25.7 Å². The van der Waals surface area contributed by atoms with Crippen LogP contribution in [0.4, 0.5) is 0 Å². The van der Waals surface area contributed by atoms with Crippen LogP contribution >= 0.6 is 0 Å². The molecule has 0 atom stereocenters. The fraction of sp³-hybridized carbons (Fsp3) is 0.333. The van der Waals surface area contributed by atoms with Crippen LogP contribution < -0.4 is 5.43 Å². The van der Waals surface area contributed by atoms with E-state index in [9.17, 15) is 9.59 Å². The molecule has 1 aliphatic carbocycles. The minimum atomic E-state index is -0.123. The molecule has 0 spiro atoms. The van der Waals surface area contributed by atoms with Crippen molar-refractivity contribution in [1.82, 2.24) is 9.88 Å². The maximum absolute atomic E-state index is 12.8. The first kappa shape index (κ1) is 14.6. The van der Waals surface area contributed by atoms with E-state index in [1.807, 2.05) is 23.1 Å². The minimum absolute atomic E-state index is 0.116. The molecule has 3 rings (SSSR count). The molecule has 0 saturated heterocycles. The number of hydrogen-bond acceptors (Lipinski definition) is 2. The number of amides is 1. The number of hydrogen-bond donors (Lipinski definition) is 1. The lowest BCUT2D eigenvalue weighted by Crippen LogP contribution is -2.39. The molecule has 1 heterocycles. The van der Waals surface area contributed by atoms with Gasteiger partial charge in [-0.15, -0.1) is 6.58 Å². The molecule has 1 amide bonds. The molecule has 0 radical (unpaired) electrons. The number of benzene rings is 1. The minimum Gasteiger partial charge on any atom is -0.350 e. The molecule has 1 aliphatic rings. The number of para-hydroxylation sites is 1. The van der Waals surface area contributed by atoms with Gasteiger partial charge in [-0.25, -0.2) is 0 Å². The second kappa shape index (κ2) is 6.18. The number of H-pyrrole nitrogens is 1. The second-order valence-electron chi connectivity index (χ2n) is 5.78. The highest BCUT2D eigenvalue weighted by Crippen LogP contribution is 2.24. The van der Waals surface area contributed by atoms with Crippen molar-refractivity contribution in [2.45, 2.75) is 31.7 Å². The van der Waals surface area contributed by atoms with Crippen LogP contribution in [0.15, 0.2) is 47.8 Å². The fourth-order valence-corrected chi connectivity index (χ4v) is 3.22. The average molecular weight is 296 g/mol. The Bertz CT molecular complexity index is 757. The summed E-state index contributed by atoms with van der Waals surface area (Å²) < 4.78 is 0. The quantitative estimate of drug-likeness (QED) is 0.881. The number of carbonyl (C=O) groups is 1. The number of nitrogens with one attached hydrogen (secondary N) is 1. The van der Waals surface area contributed by atoms with Crippen molar-refractivity contribution in [2.24, 2.45) is 0 Å². The van der Waals surface area contributed by atoms with E-state index >= 15 is 0 Å². The van der Waals surface area contributed by atoms with Gasteiger partial charge in [0.05, 0.1) is 0 Å². The smallest absolute Gasteiger partial charge is 0.270 e. The lowest BCUT2D eigenvalue weighted by atomic mass is 10.1. The number of nitrogens with zero attached hydrogens (tertiary/aromatic N) is 1. The van der Waals surface area contributed by atoms with Crippen molar-refractivity contribution in [3.63, 3.8) is 0 Å². The molecule has 1 fully saturated rings. The molecular formula is C18H20N2O2. The molecule has 1 N–H and O–H groups in total. The Morgan fingerprint density at radius 3 is 2.77 bits per heavy atom. The molecule has 1 aromatic carbocycles. The van der Waals surface area contributed by atoms with E-state index in [0.29, 0.717) is 23.1 Å². The van der Waals surface area contributed by atoms with Crippen molar-refractivity contribution < 1.29 is 4.79 Å². The van der Waals surface area contributed by atoms with Crippen molar-refractivity contribution in [2.75, 3.05) is 6.54 Å². The van der Waals surface area contributed by atoms with Gasteiger partial charge < -0.3 is 9.88 Å². The summed E-state index contributed by atoms with van der Waals surface area (Å²) in [4.78, 5) is 30.0. The normalized spacial score (nSPS) is 15.1. The number of carbonyl (C=O) groups excluding carboxylic acids is 1. The highest BCUT2D eigenvalue weighted by atomic mass is 16.2. The predicted molar refractivity (Wildman–Crippen MR) is 88.1 cm³/mol. The van der Waals surface area contributed by atoms with Gasteiger partial charge in [-0.05, 0) is 25.0 Å². The SMILES string of the molecule is C=CCN(C(=O)c1cc(=O)c2ccccc2[nH]1)C1CCCC1. The predicted octanol–water partition coefficient (Wildman–Crippen LogP) is 3.10. The van der Waals surface area contributed by atoms with Gasteiger partial charge in [-0.1, -0.05) is 31.1 Å². The van der Waals surface area contributed by atoms with Crippen molar-refractivity contribution in [3.8, 4) is 0 Å². The molecule has 0 unspecified atom stereocenters. The van der Waals surface area contributed by atoms with E-state index in [1.54, 1.807) is 12.1 Å². The zero-order valence-electron chi connectivity index (χ0n) is 12.5. The van der Waals surface area contributed by atoms with E-state index < -0.39 is 0 Å². The van der Waals surface area contributed by atoms with E-state index in [4.69, 9.17) is 0 Å². The molecule has 0 aliphatic heterocycles. The molecule has 1 aromatic heterocycles. The maximum Gasteiger partial charge on any atom is 0.270 e. The zero-order chi connectivity index (χ0) is 15.5. The maximum atomic E-state index is 12.8. The van der Waals surface area contributed by atoms with E-state index in [1.165, 1.54) is 6.07 Å². The second-order valence-corrected chi connectivity index (χ2v) is 5.78. The molecule has 0 bridgehead atoms. The van der Waals surface area contributed by atoms with Gasteiger partial charge in [0.1, 0.15) is 5.69 Å². The molecule has 1 saturated carbocycles. The van der Waals surface area contributed by atoms with Gasteiger partial charge in [0, 0.05) is 29.6 Å². The molecule has 2 aromatic rings. The molecule has 22 heavy (non-hydrogen) atoms. The zero-order valence-corrected chi connectivity index (χ0v) is 12.5. The Hall–Kier alpha value is -2.36. The van der Waals surface area contributed by atoms with Crippen LogP contribution in [-0.4, -0.2) is 28.4 Å². The van der Waals surface area contributed by atoms with Gasteiger partial charge in [-0.3, -0.25) is 9.59 Å². The van der Waals surface area contributed by atoms with Crippen LogP contribution in [0, 0.1) is 0 Å². The summed E-state index contributed by atoms with van der Waals surface area (Å²) in [5.41, 5.74) is 0.934. The Morgan fingerprint density at radius 2 is 2.05 bits per heavy atom. The molecule has 4 heteroatoms. The first-order valence-corrected chi connectivity index (χ1v) is 7.74. The lowest BCUT2D eigenvalue weighted by molar-refractivity contribution is 0.0701. The third-order valence-corrected chi connectivity index (χ3v) is 4.32. The van der Waals surface area contributed by atoms with Gasteiger partial charge in [0.15, 0.2) is 5.43 Å². The summed E-state index contributed by atoms with van der Waals surface area (Å²) in [5.74, 6) is -0.116. The van der Waals surface area contributed by atoms with Gasteiger partial charge in [0.25, 0.3) is 5.91 Å². The number of pyridine rings is 1. The van der Waals surface area contributed by atoms with Crippen molar-refractivity contribution in [3.05, 3.63) is 58.9 Å². The Morgan fingerprint density at radius 1 is 1.32 bits per heavy atom. The van der Waals surface area contributed by atoms with Gasteiger partial charge in [0.2, 0.25) is 0 Å². The van der Waals surface area contributed by atoms with Crippen LogP contribution in [-0.2, 0) is 0 Å². The molecule has 4 nitrogen and oxygen atoms in total. The third-order valence-electron chi connectivity index (χ3n) is 4.32. The van der Waals surface area contributed by atoms with Crippen LogP contribution in [0.1, 0.15) is 36.2 Å². The lowest BCUT2D eigenvalue weighted by Gasteiger charge is -2.27. The summed E-state index contributed by atoms with van der Waals surface area (Å²) >= 11 is 0. The summed E-state index contributed by atoms with van der Waals surface area (Å²) in [6.45, 7) is 4.26. The number of aromatic amines is 1. The van der Waals surface area contributed by atoms with E-state index in [2.05, 4.69) is 11.6 Å². The van der Waals surface area contributed by atoms with Gasteiger partial charge in [-0.2, -0.15) is 0 Å². The van der Waals surface area contributed by atoms with Crippen molar-refractivity contribution in [1.29, 1.82) is 0 Å². The Labute approximate surface area is 129 Å². The Balaban J connectivity index is 1.99. The van der Waals surface area contributed by atoms with Gasteiger partial charge >= 0.3 is 0 Å². The van der Waals surface area contributed by atoms with Crippen LogP contribution in [0.5, 0.6) is 0 Å². The number of aromatic nitrogens is 1. The number of rotatable bonds is 4. The Kier molecular flexibility index (Phi) is 4.09. The average Bonchev–Trinajstić information content (AvgIpc) is 3.06. The highest BCUT2D eigenvalue weighted by Gasteiger charge is 2.27. The van der Waals surface area contributed by atoms with Crippen LogP contribution in [0.25, 0.3) is 10.9 Å². The number of fused-ring (bicyclic) bond motifs is 1. The summed E-state index contributed by atoms with van der Waals surface area (Å²) in [5, 5.41) is 0.607. The topological polar surface area (TPSA) is 53.2 Å². The van der Waals surface area contributed by atoms with Crippen molar-refractivity contribution >= 4 is 16.8 Å². The summed E-state index contributed by atoms with van der Waals surface area (Å²) in [6, 6.07) is 8.92. The van der Waals surface area contributed by atoms with E-state index in [-0.39, 0.29) is 17.4 Å². The first-order valence-electron chi connectivity index (χ1n) is 7.74. The monoisotopic (exact) mass is 296 g/mol. The summed E-state index contributed by atoms with van der Waals surface area (Å²) in [7, 11) is 0. The molecule has 114 valence electrons. The standard InChI is InChI=1S/C18H20N2O2/c1-2-11-20(13-7-3-4-8-13)18(22)16-12-17(21)14-9-5-6-10-15(14)19-16/h2,5-6,9-10,12-13H,1,3-4,7-8,11H2,(H,19,21). The largest absolute Gasteiger partial charge is 0.350 e. The molecular weight excluding hydrogens is 276 g/mol. The highest BCUT2D eigenvalue weighted by molar-refractivity contribution is 5.95. The first-order chi connectivity index (χ1) is 10.7.